The van der Waals surface area contributed by atoms with E-state index in [0.717, 1.165) is 27.4 Å². The lowest BCUT2D eigenvalue weighted by Crippen LogP contribution is -2.22. The third-order valence-corrected chi connectivity index (χ3v) is 4.62. The van der Waals surface area contributed by atoms with Gasteiger partial charge in [-0.1, -0.05) is 30.3 Å². The van der Waals surface area contributed by atoms with E-state index >= 15 is 0 Å². The summed E-state index contributed by atoms with van der Waals surface area (Å²) < 4.78 is 4.99. The first-order chi connectivity index (χ1) is 11.2. The molecule has 0 saturated carbocycles. The summed E-state index contributed by atoms with van der Waals surface area (Å²) in [6, 6.07) is 9.98. The van der Waals surface area contributed by atoms with Crippen LogP contribution in [-0.4, -0.2) is 30.2 Å². The van der Waals surface area contributed by atoms with Crippen LogP contribution in [-0.2, 0) is 11.3 Å². The van der Waals surface area contributed by atoms with E-state index in [1.807, 2.05) is 37.3 Å². The molecule has 0 unspecified atom stereocenters. The van der Waals surface area contributed by atoms with Crippen molar-refractivity contribution in [3.63, 3.8) is 0 Å². The van der Waals surface area contributed by atoms with E-state index in [0.29, 0.717) is 24.4 Å². The zero-order valence-electron chi connectivity index (χ0n) is 13.2. The quantitative estimate of drug-likeness (QED) is 0.682. The standard InChI is InChI=1S/C17H19N3O2S/c1-11-14(12-6-4-3-5-7-12)15-16(21)19-13(20-17(15)23-11)10-18-8-9-22-2/h3-7,18H,8-10H2,1-2H3,(H,19,20,21). The van der Waals surface area contributed by atoms with E-state index in [1.165, 1.54) is 0 Å². The molecule has 2 heterocycles. The van der Waals surface area contributed by atoms with Crippen LogP contribution in [0.1, 0.15) is 10.7 Å². The second-order valence-corrected chi connectivity index (χ2v) is 6.46. The molecule has 0 aliphatic heterocycles. The van der Waals surface area contributed by atoms with Gasteiger partial charge in [0.2, 0.25) is 0 Å². The van der Waals surface area contributed by atoms with Gasteiger partial charge in [-0.05, 0) is 12.5 Å². The average molecular weight is 329 g/mol. The number of fused-ring (bicyclic) bond motifs is 1. The summed E-state index contributed by atoms with van der Waals surface area (Å²) in [5.41, 5.74) is 1.95. The highest BCUT2D eigenvalue weighted by Crippen LogP contribution is 2.35. The molecule has 0 amide bonds. The molecule has 0 spiro atoms. The molecule has 120 valence electrons. The highest BCUT2D eigenvalue weighted by molar-refractivity contribution is 7.19. The fourth-order valence-electron chi connectivity index (χ4n) is 2.58. The predicted molar refractivity (Wildman–Crippen MR) is 94.0 cm³/mol. The second-order valence-electron chi connectivity index (χ2n) is 5.26. The normalized spacial score (nSPS) is 11.2. The first-order valence-electron chi connectivity index (χ1n) is 7.48. The van der Waals surface area contributed by atoms with E-state index in [4.69, 9.17) is 4.74 Å². The van der Waals surface area contributed by atoms with E-state index < -0.39 is 0 Å². The largest absolute Gasteiger partial charge is 0.383 e. The van der Waals surface area contributed by atoms with Crippen molar-refractivity contribution in [3.8, 4) is 11.1 Å². The SMILES string of the molecule is COCCNCc1nc2sc(C)c(-c3ccccc3)c2c(=O)[nH]1. The van der Waals surface area contributed by atoms with Crippen LogP contribution < -0.4 is 10.9 Å². The summed E-state index contributed by atoms with van der Waals surface area (Å²) in [4.78, 5) is 21.9. The number of hydrogen-bond acceptors (Lipinski definition) is 5. The van der Waals surface area contributed by atoms with Crippen LogP contribution in [0, 0.1) is 6.92 Å². The zero-order valence-corrected chi connectivity index (χ0v) is 14.0. The summed E-state index contributed by atoms with van der Waals surface area (Å²) in [5, 5.41) is 3.87. The molecule has 5 nitrogen and oxygen atoms in total. The van der Waals surface area contributed by atoms with Crippen molar-refractivity contribution in [1.82, 2.24) is 15.3 Å². The number of ether oxygens (including phenoxy) is 1. The minimum atomic E-state index is -0.0817. The van der Waals surface area contributed by atoms with Gasteiger partial charge in [-0.3, -0.25) is 4.79 Å². The number of benzene rings is 1. The Bertz CT molecular complexity index is 855. The fourth-order valence-corrected chi connectivity index (χ4v) is 3.65. The van der Waals surface area contributed by atoms with Crippen LogP contribution in [0.15, 0.2) is 35.1 Å². The third-order valence-electron chi connectivity index (χ3n) is 3.62. The molecule has 0 bridgehead atoms. The van der Waals surface area contributed by atoms with Crippen LogP contribution >= 0.6 is 11.3 Å². The summed E-state index contributed by atoms with van der Waals surface area (Å²) >= 11 is 1.56. The van der Waals surface area contributed by atoms with Crippen molar-refractivity contribution in [2.75, 3.05) is 20.3 Å². The number of nitrogens with one attached hydrogen (secondary N) is 2. The minimum absolute atomic E-state index is 0.0817. The topological polar surface area (TPSA) is 67.0 Å². The molecule has 0 atom stereocenters. The maximum atomic E-state index is 12.6. The van der Waals surface area contributed by atoms with Gasteiger partial charge in [0.15, 0.2) is 0 Å². The summed E-state index contributed by atoms with van der Waals surface area (Å²) in [7, 11) is 1.66. The van der Waals surface area contributed by atoms with Crippen LogP contribution in [0.4, 0.5) is 0 Å². The van der Waals surface area contributed by atoms with Gasteiger partial charge in [-0.25, -0.2) is 4.98 Å². The Hall–Kier alpha value is -2.02. The Morgan fingerprint density at radius 3 is 2.83 bits per heavy atom. The van der Waals surface area contributed by atoms with E-state index in [2.05, 4.69) is 15.3 Å². The van der Waals surface area contributed by atoms with Gasteiger partial charge in [-0.2, -0.15) is 0 Å². The fraction of sp³-hybridized carbons (Fsp3) is 0.294. The zero-order chi connectivity index (χ0) is 16.2. The number of nitrogens with zero attached hydrogens (tertiary/aromatic N) is 1. The first-order valence-corrected chi connectivity index (χ1v) is 8.29. The molecule has 23 heavy (non-hydrogen) atoms. The van der Waals surface area contributed by atoms with Crippen molar-refractivity contribution in [2.24, 2.45) is 0 Å². The van der Waals surface area contributed by atoms with Crippen LogP contribution in [0.25, 0.3) is 21.3 Å². The van der Waals surface area contributed by atoms with Gasteiger partial charge >= 0.3 is 0 Å². The van der Waals surface area contributed by atoms with E-state index in [-0.39, 0.29) is 5.56 Å². The molecular weight excluding hydrogens is 310 g/mol. The molecule has 0 fully saturated rings. The predicted octanol–water partition coefficient (Wildman–Crippen LogP) is 2.70. The molecule has 6 heteroatoms. The lowest BCUT2D eigenvalue weighted by molar-refractivity contribution is 0.199. The molecule has 3 aromatic rings. The Balaban J connectivity index is 1.99. The Kier molecular flexibility index (Phi) is 4.85. The highest BCUT2D eigenvalue weighted by Gasteiger charge is 2.16. The van der Waals surface area contributed by atoms with Crippen LogP contribution in [0.3, 0.4) is 0 Å². The van der Waals surface area contributed by atoms with E-state index in [1.54, 1.807) is 18.4 Å². The Labute approximate surface area is 138 Å². The summed E-state index contributed by atoms with van der Waals surface area (Å²) in [6.07, 6.45) is 0. The minimum Gasteiger partial charge on any atom is -0.383 e. The van der Waals surface area contributed by atoms with Gasteiger partial charge < -0.3 is 15.0 Å². The van der Waals surface area contributed by atoms with Crippen molar-refractivity contribution in [1.29, 1.82) is 0 Å². The van der Waals surface area contributed by atoms with Gasteiger partial charge in [0.25, 0.3) is 5.56 Å². The van der Waals surface area contributed by atoms with Crippen molar-refractivity contribution >= 4 is 21.6 Å². The molecule has 2 aromatic heterocycles. The van der Waals surface area contributed by atoms with E-state index in [9.17, 15) is 4.79 Å². The molecule has 0 aliphatic rings. The van der Waals surface area contributed by atoms with Gasteiger partial charge in [0.05, 0.1) is 18.5 Å². The first kappa shape index (κ1) is 15.9. The smallest absolute Gasteiger partial charge is 0.260 e. The number of methoxy groups -OCH3 is 1. The average Bonchev–Trinajstić information content (AvgIpc) is 2.89. The summed E-state index contributed by atoms with van der Waals surface area (Å²) in [5.74, 6) is 0.652. The Morgan fingerprint density at radius 1 is 1.30 bits per heavy atom. The molecule has 3 rings (SSSR count). The van der Waals surface area contributed by atoms with Crippen LogP contribution in [0.2, 0.25) is 0 Å². The highest BCUT2D eigenvalue weighted by atomic mass is 32.1. The molecule has 0 radical (unpaired) electrons. The number of aryl methyl sites for hydroxylation is 1. The van der Waals surface area contributed by atoms with Crippen molar-refractivity contribution in [3.05, 3.63) is 51.4 Å². The van der Waals surface area contributed by atoms with Gasteiger partial charge in [0, 0.05) is 24.1 Å². The number of hydrogen-bond donors (Lipinski definition) is 2. The maximum absolute atomic E-state index is 12.6. The second kappa shape index (κ2) is 7.04. The number of thiophene rings is 1. The maximum Gasteiger partial charge on any atom is 0.260 e. The molecule has 0 saturated heterocycles. The summed E-state index contributed by atoms with van der Waals surface area (Å²) in [6.45, 7) is 3.90. The number of H-pyrrole nitrogens is 1. The molecule has 1 aromatic carbocycles. The van der Waals surface area contributed by atoms with Gasteiger partial charge in [-0.15, -0.1) is 11.3 Å². The molecule has 0 aliphatic carbocycles. The monoisotopic (exact) mass is 329 g/mol. The lowest BCUT2D eigenvalue weighted by Gasteiger charge is -2.04. The lowest BCUT2D eigenvalue weighted by atomic mass is 10.0. The van der Waals surface area contributed by atoms with Crippen molar-refractivity contribution < 1.29 is 4.74 Å². The number of aromatic amines is 1. The third kappa shape index (κ3) is 3.34. The Morgan fingerprint density at radius 2 is 2.09 bits per heavy atom. The van der Waals surface area contributed by atoms with Crippen LogP contribution in [0.5, 0.6) is 0 Å². The van der Waals surface area contributed by atoms with Crippen molar-refractivity contribution in [2.45, 2.75) is 13.5 Å². The number of rotatable bonds is 6. The molecule has 2 N–H and O–H groups in total. The molecular formula is C17H19N3O2S. The van der Waals surface area contributed by atoms with Gasteiger partial charge in [0.1, 0.15) is 10.7 Å². The number of aromatic nitrogens is 2.